The van der Waals surface area contributed by atoms with Crippen LogP contribution in [0.25, 0.3) is 0 Å². The standard InChI is InChI=1S/C11H13Cl2N3O2/c1-18-10(17)7-2-4-16(5-3-7)11-14-8(12)6-9(13)15-11/h6-7H,2-5H2,1H3. The molecule has 1 saturated heterocycles. The second-order valence-corrected chi connectivity index (χ2v) is 4.87. The Balaban J connectivity index is 2.03. The molecule has 1 aromatic heterocycles. The lowest BCUT2D eigenvalue weighted by atomic mass is 9.97. The Morgan fingerprint density at radius 3 is 2.39 bits per heavy atom. The fourth-order valence-corrected chi connectivity index (χ4v) is 2.42. The molecule has 0 spiro atoms. The van der Waals surface area contributed by atoms with Gasteiger partial charge in [-0.2, -0.15) is 0 Å². The lowest BCUT2D eigenvalue weighted by Gasteiger charge is -2.30. The van der Waals surface area contributed by atoms with Crippen molar-refractivity contribution < 1.29 is 9.53 Å². The summed E-state index contributed by atoms with van der Waals surface area (Å²) in [5, 5.41) is 0.639. The minimum Gasteiger partial charge on any atom is -0.469 e. The van der Waals surface area contributed by atoms with Crippen LogP contribution in [0.5, 0.6) is 0 Å². The molecule has 2 rings (SSSR count). The molecule has 0 N–H and O–H groups in total. The van der Waals surface area contributed by atoms with Crippen LogP contribution in [0, 0.1) is 5.92 Å². The molecule has 1 aliphatic heterocycles. The highest BCUT2D eigenvalue weighted by Crippen LogP contribution is 2.23. The average Bonchev–Trinajstić information content (AvgIpc) is 2.37. The number of nitrogens with zero attached hydrogens (tertiary/aromatic N) is 3. The van der Waals surface area contributed by atoms with Crippen molar-refractivity contribution in [2.75, 3.05) is 25.1 Å². The van der Waals surface area contributed by atoms with E-state index in [1.54, 1.807) is 0 Å². The Bertz CT molecular complexity index is 428. The smallest absolute Gasteiger partial charge is 0.308 e. The molecule has 0 bridgehead atoms. The molecule has 18 heavy (non-hydrogen) atoms. The number of ether oxygens (including phenoxy) is 1. The lowest BCUT2D eigenvalue weighted by Crippen LogP contribution is -2.37. The lowest BCUT2D eigenvalue weighted by molar-refractivity contribution is -0.146. The van der Waals surface area contributed by atoms with E-state index in [4.69, 9.17) is 27.9 Å². The van der Waals surface area contributed by atoms with E-state index >= 15 is 0 Å². The molecule has 7 heteroatoms. The zero-order valence-corrected chi connectivity index (χ0v) is 11.4. The molecular weight excluding hydrogens is 277 g/mol. The van der Waals surface area contributed by atoms with Crippen molar-refractivity contribution in [3.05, 3.63) is 16.4 Å². The average molecular weight is 290 g/mol. The summed E-state index contributed by atoms with van der Waals surface area (Å²) < 4.78 is 4.74. The minimum absolute atomic E-state index is 0.0408. The van der Waals surface area contributed by atoms with Crippen molar-refractivity contribution in [1.82, 2.24) is 9.97 Å². The van der Waals surface area contributed by atoms with Crippen molar-refractivity contribution in [2.24, 2.45) is 5.92 Å². The quantitative estimate of drug-likeness (QED) is 0.617. The maximum absolute atomic E-state index is 11.4. The van der Waals surface area contributed by atoms with Crippen LogP contribution in [0.1, 0.15) is 12.8 Å². The van der Waals surface area contributed by atoms with Crippen molar-refractivity contribution in [2.45, 2.75) is 12.8 Å². The second kappa shape index (κ2) is 5.71. The molecule has 0 aromatic carbocycles. The van der Waals surface area contributed by atoms with Crippen LogP contribution in [0.3, 0.4) is 0 Å². The van der Waals surface area contributed by atoms with Crippen LogP contribution in [-0.2, 0) is 9.53 Å². The Labute approximate surface area is 115 Å². The molecule has 0 atom stereocenters. The maximum atomic E-state index is 11.4. The van der Waals surface area contributed by atoms with Crippen molar-refractivity contribution >= 4 is 35.1 Å². The first-order valence-corrected chi connectivity index (χ1v) is 6.38. The molecule has 0 amide bonds. The van der Waals surface area contributed by atoms with Crippen LogP contribution in [-0.4, -0.2) is 36.1 Å². The fourth-order valence-electron chi connectivity index (χ4n) is 2.00. The van der Waals surface area contributed by atoms with E-state index in [9.17, 15) is 4.79 Å². The fraction of sp³-hybridized carbons (Fsp3) is 0.545. The zero-order valence-electron chi connectivity index (χ0n) is 9.90. The van der Waals surface area contributed by atoms with Gasteiger partial charge in [-0.3, -0.25) is 4.79 Å². The van der Waals surface area contributed by atoms with Gasteiger partial charge in [-0.15, -0.1) is 0 Å². The summed E-state index contributed by atoms with van der Waals surface area (Å²) in [6.07, 6.45) is 1.44. The summed E-state index contributed by atoms with van der Waals surface area (Å²) in [5.41, 5.74) is 0. The van der Waals surface area contributed by atoms with Gasteiger partial charge in [0, 0.05) is 19.2 Å². The topological polar surface area (TPSA) is 55.3 Å². The number of rotatable bonds is 2. The second-order valence-electron chi connectivity index (χ2n) is 4.10. The summed E-state index contributed by atoms with van der Waals surface area (Å²) in [5.74, 6) is 0.316. The van der Waals surface area contributed by atoms with E-state index < -0.39 is 0 Å². The molecule has 0 aliphatic carbocycles. The normalized spacial score (nSPS) is 16.7. The molecule has 0 radical (unpaired) electrons. The van der Waals surface area contributed by atoms with Gasteiger partial charge in [-0.1, -0.05) is 23.2 Å². The Morgan fingerprint density at radius 2 is 1.89 bits per heavy atom. The maximum Gasteiger partial charge on any atom is 0.308 e. The van der Waals surface area contributed by atoms with Gasteiger partial charge in [0.15, 0.2) is 0 Å². The Morgan fingerprint density at radius 1 is 1.33 bits per heavy atom. The molecule has 1 aliphatic rings. The van der Waals surface area contributed by atoms with Crippen molar-refractivity contribution in [3.63, 3.8) is 0 Å². The highest BCUT2D eigenvalue weighted by atomic mass is 35.5. The van der Waals surface area contributed by atoms with Gasteiger partial charge in [0.2, 0.25) is 5.95 Å². The third kappa shape index (κ3) is 3.03. The van der Waals surface area contributed by atoms with Crippen LogP contribution in [0.2, 0.25) is 10.3 Å². The predicted molar refractivity (Wildman–Crippen MR) is 69.0 cm³/mol. The third-order valence-corrected chi connectivity index (χ3v) is 3.35. The van der Waals surface area contributed by atoms with Crippen LogP contribution in [0.15, 0.2) is 6.07 Å². The summed E-state index contributed by atoms with van der Waals surface area (Å²) >= 11 is 11.7. The van der Waals surface area contributed by atoms with Crippen LogP contribution >= 0.6 is 23.2 Å². The monoisotopic (exact) mass is 289 g/mol. The minimum atomic E-state index is -0.153. The van der Waals surface area contributed by atoms with Gasteiger partial charge in [-0.25, -0.2) is 9.97 Å². The van der Waals surface area contributed by atoms with Crippen LogP contribution < -0.4 is 4.90 Å². The molecule has 0 unspecified atom stereocenters. The predicted octanol–water partition coefficient (Wildman–Crippen LogP) is 2.17. The van der Waals surface area contributed by atoms with Crippen molar-refractivity contribution in [1.29, 1.82) is 0 Å². The number of hydrogen-bond acceptors (Lipinski definition) is 5. The first-order chi connectivity index (χ1) is 8.60. The summed E-state index contributed by atoms with van der Waals surface area (Å²) in [7, 11) is 1.41. The van der Waals surface area contributed by atoms with Gasteiger partial charge in [-0.05, 0) is 12.8 Å². The third-order valence-electron chi connectivity index (χ3n) is 2.96. The molecule has 98 valence electrons. The Kier molecular flexibility index (Phi) is 4.24. The molecule has 0 saturated carbocycles. The summed E-state index contributed by atoms with van der Waals surface area (Å²) in [4.78, 5) is 21.6. The van der Waals surface area contributed by atoms with E-state index in [1.165, 1.54) is 13.2 Å². The molecule has 5 nitrogen and oxygen atoms in total. The van der Waals surface area contributed by atoms with Gasteiger partial charge in [0.05, 0.1) is 13.0 Å². The summed E-state index contributed by atoms with van der Waals surface area (Å²) in [6, 6.07) is 1.49. The number of halogens is 2. The van der Waals surface area contributed by atoms with Gasteiger partial charge >= 0.3 is 5.97 Å². The van der Waals surface area contributed by atoms with E-state index in [0.717, 1.165) is 12.8 Å². The number of aromatic nitrogens is 2. The molecular formula is C11H13Cl2N3O2. The first kappa shape index (κ1) is 13.4. The number of piperidine rings is 1. The van der Waals surface area contributed by atoms with E-state index in [2.05, 4.69) is 9.97 Å². The number of anilines is 1. The van der Waals surface area contributed by atoms with E-state index in [-0.39, 0.29) is 11.9 Å². The van der Waals surface area contributed by atoms with E-state index in [0.29, 0.717) is 29.3 Å². The van der Waals surface area contributed by atoms with Crippen LogP contribution in [0.4, 0.5) is 5.95 Å². The number of esters is 1. The van der Waals surface area contributed by atoms with Gasteiger partial charge in [0.1, 0.15) is 10.3 Å². The highest BCUT2D eigenvalue weighted by molar-refractivity contribution is 6.33. The highest BCUT2D eigenvalue weighted by Gasteiger charge is 2.26. The molecule has 1 aromatic rings. The molecule has 2 heterocycles. The molecule has 1 fully saturated rings. The Hall–Kier alpha value is -1.07. The number of carbonyl (C=O) groups is 1. The van der Waals surface area contributed by atoms with Gasteiger partial charge < -0.3 is 9.64 Å². The van der Waals surface area contributed by atoms with Crippen molar-refractivity contribution in [3.8, 4) is 0 Å². The number of carbonyl (C=O) groups excluding carboxylic acids is 1. The SMILES string of the molecule is COC(=O)C1CCN(c2nc(Cl)cc(Cl)n2)CC1. The summed E-state index contributed by atoms with van der Waals surface area (Å²) in [6.45, 7) is 1.38. The zero-order chi connectivity index (χ0) is 13.1. The first-order valence-electron chi connectivity index (χ1n) is 5.63. The largest absolute Gasteiger partial charge is 0.469 e. The van der Waals surface area contributed by atoms with Gasteiger partial charge in [0.25, 0.3) is 0 Å². The number of hydrogen-bond donors (Lipinski definition) is 0. The number of methoxy groups -OCH3 is 1. The van der Waals surface area contributed by atoms with E-state index in [1.807, 2.05) is 4.90 Å².